The smallest absolute Gasteiger partial charge is 0.291 e. The van der Waals surface area contributed by atoms with Gasteiger partial charge in [-0.2, -0.15) is 0 Å². The van der Waals surface area contributed by atoms with Crippen LogP contribution in [-0.2, 0) is 0 Å². The Bertz CT molecular complexity index is 808. The lowest BCUT2D eigenvalue weighted by Gasteiger charge is -2.09. The van der Waals surface area contributed by atoms with E-state index in [1.807, 2.05) is 38.1 Å². The van der Waals surface area contributed by atoms with Gasteiger partial charge in [-0.3, -0.25) is 4.79 Å². The molecule has 0 aliphatic heterocycles. The molecule has 3 rings (SSSR count). The predicted molar refractivity (Wildman–Crippen MR) is 87.9 cm³/mol. The predicted octanol–water partition coefficient (Wildman–Crippen LogP) is 3.68. The van der Waals surface area contributed by atoms with Gasteiger partial charge in [0.15, 0.2) is 5.76 Å². The van der Waals surface area contributed by atoms with Gasteiger partial charge < -0.3 is 15.1 Å². The summed E-state index contributed by atoms with van der Waals surface area (Å²) in [7, 11) is 0. The van der Waals surface area contributed by atoms with Gasteiger partial charge >= 0.3 is 0 Å². The SMILES string of the molecule is Cc1cc(C)nc(Nc2cccc(NC(=O)c3ccco3)c2)n1. The highest BCUT2D eigenvalue weighted by Gasteiger charge is 2.09. The fraction of sp³-hybridized carbons (Fsp3) is 0.118. The van der Waals surface area contributed by atoms with Gasteiger partial charge in [-0.05, 0) is 50.2 Å². The Hall–Kier alpha value is -3.15. The molecule has 6 nitrogen and oxygen atoms in total. The highest BCUT2D eigenvalue weighted by molar-refractivity contribution is 6.02. The zero-order valence-electron chi connectivity index (χ0n) is 12.8. The molecule has 0 saturated heterocycles. The van der Waals surface area contributed by atoms with Crippen LogP contribution in [-0.4, -0.2) is 15.9 Å². The molecule has 0 atom stereocenters. The maximum atomic E-state index is 12.0. The molecule has 0 spiro atoms. The second-order valence-corrected chi connectivity index (χ2v) is 5.11. The number of nitrogens with one attached hydrogen (secondary N) is 2. The maximum absolute atomic E-state index is 12.0. The second kappa shape index (κ2) is 6.31. The molecule has 116 valence electrons. The van der Waals surface area contributed by atoms with Crippen LogP contribution in [0.4, 0.5) is 17.3 Å². The number of aromatic nitrogens is 2. The van der Waals surface area contributed by atoms with E-state index < -0.39 is 0 Å². The Labute approximate surface area is 133 Å². The number of furan rings is 1. The first kappa shape index (κ1) is 14.8. The third-order valence-corrected chi connectivity index (χ3v) is 3.10. The lowest BCUT2D eigenvalue weighted by atomic mass is 10.2. The minimum Gasteiger partial charge on any atom is -0.459 e. The van der Waals surface area contributed by atoms with E-state index in [2.05, 4.69) is 20.6 Å². The van der Waals surface area contributed by atoms with Crippen molar-refractivity contribution in [1.82, 2.24) is 9.97 Å². The van der Waals surface area contributed by atoms with E-state index in [4.69, 9.17) is 4.42 Å². The van der Waals surface area contributed by atoms with Gasteiger partial charge in [0, 0.05) is 22.8 Å². The molecule has 1 amide bonds. The Morgan fingerprint density at radius 1 is 1.00 bits per heavy atom. The van der Waals surface area contributed by atoms with Crippen molar-refractivity contribution >= 4 is 23.2 Å². The molecule has 1 aromatic carbocycles. The van der Waals surface area contributed by atoms with Crippen LogP contribution < -0.4 is 10.6 Å². The van der Waals surface area contributed by atoms with Crippen molar-refractivity contribution in [2.24, 2.45) is 0 Å². The van der Waals surface area contributed by atoms with Crippen LogP contribution in [0, 0.1) is 13.8 Å². The third-order valence-electron chi connectivity index (χ3n) is 3.10. The maximum Gasteiger partial charge on any atom is 0.291 e. The summed E-state index contributed by atoms with van der Waals surface area (Å²) in [6.45, 7) is 3.83. The van der Waals surface area contributed by atoms with Gasteiger partial charge in [0.2, 0.25) is 5.95 Å². The highest BCUT2D eigenvalue weighted by Crippen LogP contribution is 2.19. The number of benzene rings is 1. The van der Waals surface area contributed by atoms with Crippen LogP contribution >= 0.6 is 0 Å². The number of hydrogen-bond donors (Lipinski definition) is 2. The molecule has 0 unspecified atom stereocenters. The van der Waals surface area contributed by atoms with Gasteiger partial charge in [-0.15, -0.1) is 0 Å². The van der Waals surface area contributed by atoms with Gasteiger partial charge in [-0.25, -0.2) is 9.97 Å². The topological polar surface area (TPSA) is 80.0 Å². The standard InChI is InChI=1S/C17H16N4O2/c1-11-9-12(2)19-17(18-11)21-14-6-3-5-13(10-14)20-16(22)15-7-4-8-23-15/h3-10H,1-2H3,(H,20,22)(H,18,19,21). The first-order valence-corrected chi connectivity index (χ1v) is 7.14. The van der Waals surface area contributed by atoms with E-state index >= 15 is 0 Å². The summed E-state index contributed by atoms with van der Waals surface area (Å²) in [5.74, 6) is 0.493. The molecule has 0 saturated carbocycles. The number of anilines is 3. The minimum atomic E-state index is -0.296. The molecular weight excluding hydrogens is 292 g/mol. The fourth-order valence-electron chi connectivity index (χ4n) is 2.19. The number of rotatable bonds is 4. The van der Waals surface area contributed by atoms with Crippen molar-refractivity contribution in [2.75, 3.05) is 10.6 Å². The van der Waals surface area contributed by atoms with Crippen molar-refractivity contribution in [1.29, 1.82) is 0 Å². The van der Waals surface area contributed by atoms with Gasteiger partial charge in [0.25, 0.3) is 5.91 Å². The van der Waals surface area contributed by atoms with Crippen LogP contribution in [0.3, 0.4) is 0 Å². The van der Waals surface area contributed by atoms with Crippen LogP contribution in [0.5, 0.6) is 0 Å². The summed E-state index contributed by atoms with van der Waals surface area (Å²) in [5.41, 5.74) is 3.22. The van der Waals surface area contributed by atoms with Crippen molar-refractivity contribution < 1.29 is 9.21 Å². The van der Waals surface area contributed by atoms with E-state index in [1.165, 1.54) is 6.26 Å². The third kappa shape index (κ3) is 3.74. The lowest BCUT2D eigenvalue weighted by molar-refractivity contribution is 0.0996. The molecule has 0 aliphatic carbocycles. The molecule has 2 heterocycles. The number of nitrogens with zero attached hydrogens (tertiary/aromatic N) is 2. The van der Waals surface area contributed by atoms with Crippen molar-refractivity contribution in [3.63, 3.8) is 0 Å². The van der Waals surface area contributed by atoms with E-state index in [0.29, 0.717) is 11.6 Å². The number of carbonyl (C=O) groups excluding carboxylic acids is 1. The summed E-state index contributed by atoms with van der Waals surface area (Å²) < 4.78 is 5.07. The van der Waals surface area contributed by atoms with Gasteiger partial charge in [0.05, 0.1) is 6.26 Å². The van der Waals surface area contributed by atoms with Crippen molar-refractivity contribution in [2.45, 2.75) is 13.8 Å². The van der Waals surface area contributed by atoms with Crippen LogP contribution in [0.15, 0.2) is 53.1 Å². The number of carbonyl (C=O) groups is 1. The Morgan fingerprint density at radius 3 is 2.43 bits per heavy atom. The summed E-state index contributed by atoms with van der Waals surface area (Å²) in [5, 5.41) is 5.92. The molecule has 6 heteroatoms. The molecule has 23 heavy (non-hydrogen) atoms. The molecule has 3 aromatic rings. The Morgan fingerprint density at radius 2 is 1.74 bits per heavy atom. The van der Waals surface area contributed by atoms with E-state index in [9.17, 15) is 4.79 Å². The normalized spacial score (nSPS) is 10.3. The van der Waals surface area contributed by atoms with Gasteiger partial charge in [0.1, 0.15) is 0 Å². The Balaban J connectivity index is 1.76. The molecule has 0 radical (unpaired) electrons. The highest BCUT2D eigenvalue weighted by atomic mass is 16.3. The molecule has 0 bridgehead atoms. The molecule has 0 aliphatic rings. The molecular formula is C17H16N4O2. The van der Waals surface area contributed by atoms with Crippen LogP contribution in [0.2, 0.25) is 0 Å². The lowest BCUT2D eigenvalue weighted by Crippen LogP contribution is -2.11. The van der Waals surface area contributed by atoms with E-state index in [-0.39, 0.29) is 11.7 Å². The summed E-state index contributed by atoms with van der Waals surface area (Å²) in [4.78, 5) is 20.7. The first-order valence-electron chi connectivity index (χ1n) is 7.14. The van der Waals surface area contributed by atoms with E-state index in [0.717, 1.165) is 17.1 Å². The Kier molecular flexibility index (Phi) is 4.05. The second-order valence-electron chi connectivity index (χ2n) is 5.11. The largest absolute Gasteiger partial charge is 0.459 e. The monoisotopic (exact) mass is 308 g/mol. The average molecular weight is 308 g/mol. The average Bonchev–Trinajstić information content (AvgIpc) is 3.00. The first-order chi connectivity index (χ1) is 11.1. The van der Waals surface area contributed by atoms with Crippen LogP contribution in [0.1, 0.15) is 21.9 Å². The summed E-state index contributed by atoms with van der Waals surface area (Å²) >= 11 is 0. The molecule has 2 aromatic heterocycles. The number of amides is 1. The van der Waals surface area contributed by atoms with Crippen molar-refractivity contribution in [3.05, 3.63) is 65.9 Å². The van der Waals surface area contributed by atoms with Crippen LogP contribution in [0.25, 0.3) is 0 Å². The zero-order valence-corrected chi connectivity index (χ0v) is 12.8. The molecule has 0 fully saturated rings. The van der Waals surface area contributed by atoms with E-state index in [1.54, 1.807) is 18.2 Å². The summed E-state index contributed by atoms with van der Waals surface area (Å²) in [6.07, 6.45) is 1.46. The quantitative estimate of drug-likeness (QED) is 0.768. The van der Waals surface area contributed by atoms with Gasteiger partial charge in [-0.1, -0.05) is 6.07 Å². The minimum absolute atomic E-state index is 0.265. The fourth-order valence-corrected chi connectivity index (χ4v) is 2.19. The number of hydrogen-bond acceptors (Lipinski definition) is 5. The summed E-state index contributed by atoms with van der Waals surface area (Å²) in [6, 6.07) is 12.5. The number of aryl methyl sites for hydroxylation is 2. The molecule has 2 N–H and O–H groups in total. The zero-order chi connectivity index (χ0) is 16.2. The van der Waals surface area contributed by atoms with Crippen molar-refractivity contribution in [3.8, 4) is 0 Å².